The van der Waals surface area contributed by atoms with E-state index in [-0.39, 0.29) is 11.3 Å². The Labute approximate surface area is 189 Å². The number of nitrogens with zero attached hydrogens (tertiary/aromatic N) is 1. The number of rotatable bonds is 5. The largest absolute Gasteiger partial charge is 0.459 e. The number of amides is 2. The summed E-state index contributed by atoms with van der Waals surface area (Å²) >= 11 is 0. The first kappa shape index (κ1) is 20.2. The maximum atomic E-state index is 12.9. The summed E-state index contributed by atoms with van der Waals surface area (Å²) in [5, 5.41) is 11.2. The summed E-state index contributed by atoms with van der Waals surface area (Å²) in [7, 11) is 0. The van der Waals surface area contributed by atoms with Gasteiger partial charge in [-0.1, -0.05) is 60.7 Å². The van der Waals surface area contributed by atoms with Crippen molar-refractivity contribution in [1.29, 1.82) is 0 Å². The summed E-state index contributed by atoms with van der Waals surface area (Å²) < 4.78 is 5.12. The van der Waals surface area contributed by atoms with Crippen LogP contribution in [-0.4, -0.2) is 18.0 Å². The number of para-hydroxylation sites is 1. The van der Waals surface area contributed by atoms with Crippen LogP contribution in [0.5, 0.6) is 0 Å². The molecule has 2 amide bonds. The second kappa shape index (κ2) is 8.80. The molecule has 0 atom stereocenters. The monoisotopic (exact) mass is 433 g/mol. The van der Waals surface area contributed by atoms with E-state index in [1.54, 1.807) is 42.6 Å². The van der Waals surface area contributed by atoms with Crippen LogP contribution in [-0.2, 0) is 0 Å². The Hall–Kier alpha value is -4.71. The van der Waals surface area contributed by atoms with Crippen molar-refractivity contribution in [3.8, 4) is 0 Å². The van der Waals surface area contributed by atoms with Gasteiger partial charge in [0.25, 0.3) is 11.8 Å². The lowest BCUT2D eigenvalue weighted by Gasteiger charge is -2.10. The summed E-state index contributed by atoms with van der Waals surface area (Å²) in [6.07, 6.45) is 3.08. The van der Waals surface area contributed by atoms with Crippen molar-refractivity contribution in [3.05, 3.63) is 114 Å². The highest BCUT2D eigenvalue weighted by Crippen LogP contribution is 2.27. The van der Waals surface area contributed by atoms with Crippen molar-refractivity contribution < 1.29 is 14.0 Å². The molecule has 0 bridgehead atoms. The number of furan rings is 1. The van der Waals surface area contributed by atoms with Crippen LogP contribution >= 0.6 is 0 Å². The van der Waals surface area contributed by atoms with Crippen molar-refractivity contribution in [2.45, 2.75) is 0 Å². The third-order valence-electron chi connectivity index (χ3n) is 5.34. The average Bonchev–Trinajstić information content (AvgIpc) is 3.39. The standard InChI is InChI=1S/C27H19N3O3/c31-26(22-12-5-6-13-24(22)29-27(32)25-14-7-15-33-25)30-28-17-23-20-10-3-1-8-18(20)16-19-9-2-4-11-21(19)23/h1-17H,(H,29,32)(H,30,31). The van der Waals surface area contributed by atoms with Gasteiger partial charge in [-0.05, 0) is 51.9 Å². The quantitative estimate of drug-likeness (QED) is 0.215. The molecule has 1 aromatic heterocycles. The summed E-state index contributed by atoms with van der Waals surface area (Å²) in [6.45, 7) is 0. The second-order valence-corrected chi connectivity index (χ2v) is 7.41. The molecule has 0 unspecified atom stereocenters. The fourth-order valence-corrected chi connectivity index (χ4v) is 3.79. The van der Waals surface area contributed by atoms with E-state index in [1.807, 2.05) is 36.4 Å². The van der Waals surface area contributed by atoms with E-state index in [2.05, 4.69) is 34.0 Å². The molecule has 5 aromatic rings. The summed E-state index contributed by atoms with van der Waals surface area (Å²) in [6, 6.07) is 28.2. The van der Waals surface area contributed by atoms with Crippen molar-refractivity contribution in [2.24, 2.45) is 5.10 Å². The van der Waals surface area contributed by atoms with Crippen LogP contribution in [0.3, 0.4) is 0 Å². The number of fused-ring (bicyclic) bond motifs is 2. The van der Waals surface area contributed by atoms with Crippen molar-refractivity contribution in [1.82, 2.24) is 5.43 Å². The van der Waals surface area contributed by atoms with Crippen molar-refractivity contribution in [2.75, 3.05) is 5.32 Å². The van der Waals surface area contributed by atoms with Gasteiger partial charge in [0.15, 0.2) is 5.76 Å². The van der Waals surface area contributed by atoms with E-state index >= 15 is 0 Å². The Morgan fingerprint density at radius 3 is 2.12 bits per heavy atom. The van der Waals surface area contributed by atoms with Gasteiger partial charge in [0, 0.05) is 5.56 Å². The van der Waals surface area contributed by atoms with E-state index in [4.69, 9.17) is 4.42 Å². The molecule has 0 aliphatic carbocycles. The Morgan fingerprint density at radius 1 is 0.758 bits per heavy atom. The number of anilines is 1. The minimum atomic E-state index is -0.439. The molecule has 0 saturated heterocycles. The van der Waals surface area contributed by atoms with Crippen LogP contribution in [0, 0.1) is 0 Å². The number of carbonyl (C=O) groups is 2. The van der Waals surface area contributed by atoms with Crippen LogP contribution in [0.4, 0.5) is 5.69 Å². The first-order chi connectivity index (χ1) is 16.2. The van der Waals surface area contributed by atoms with Crippen LogP contribution in [0.15, 0.2) is 107 Å². The van der Waals surface area contributed by atoms with E-state index < -0.39 is 11.8 Å². The zero-order chi connectivity index (χ0) is 22.6. The minimum absolute atomic E-state index is 0.158. The van der Waals surface area contributed by atoms with Gasteiger partial charge in [-0.15, -0.1) is 0 Å². The fraction of sp³-hybridized carbons (Fsp3) is 0. The Bertz CT molecular complexity index is 1450. The second-order valence-electron chi connectivity index (χ2n) is 7.41. The lowest BCUT2D eigenvalue weighted by Crippen LogP contribution is -2.21. The van der Waals surface area contributed by atoms with Gasteiger partial charge < -0.3 is 9.73 Å². The maximum Gasteiger partial charge on any atom is 0.291 e. The molecule has 0 spiro atoms. The van der Waals surface area contributed by atoms with Crippen molar-refractivity contribution in [3.63, 3.8) is 0 Å². The Balaban J connectivity index is 1.42. The normalized spacial score (nSPS) is 11.2. The van der Waals surface area contributed by atoms with E-state index in [0.717, 1.165) is 27.1 Å². The summed E-state index contributed by atoms with van der Waals surface area (Å²) in [4.78, 5) is 25.2. The third-order valence-corrected chi connectivity index (χ3v) is 5.34. The van der Waals surface area contributed by atoms with E-state index in [9.17, 15) is 9.59 Å². The number of nitrogens with one attached hydrogen (secondary N) is 2. The van der Waals surface area contributed by atoms with Gasteiger partial charge >= 0.3 is 0 Å². The molecule has 0 saturated carbocycles. The molecule has 1 heterocycles. The van der Waals surface area contributed by atoms with Crippen molar-refractivity contribution >= 4 is 45.3 Å². The van der Waals surface area contributed by atoms with Gasteiger partial charge in [0.1, 0.15) is 0 Å². The highest BCUT2D eigenvalue weighted by atomic mass is 16.3. The smallest absolute Gasteiger partial charge is 0.291 e. The molecular formula is C27H19N3O3. The Kier molecular flexibility index (Phi) is 5.39. The first-order valence-corrected chi connectivity index (χ1v) is 10.4. The number of hydrogen-bond acceptors (Lipinski definition) is 4. The van der Waals surface area contributed by atoms with E-state index in [0.29, 0.717) is 5.69 Å². The molecule has 2 N–H and O–H groups in total. The summed E-state index contributed by atoms with van der Waals surface area (Å²) in [5.74, 6) is -0.719. The molecule has 0 radical (unpaired) electrons. The molecule has 0 fully saturated rings. The summed E-state index contributed by atoms with van der Waals surface area (Å²) in [5.41, 5.74) is 4.15. The molecule has 33 heavy (non-hydrogen) atoms. The number of carbonyl (C=O) groups excluding carboxylic acids is 2. The molecule has 6 heteroatoms. The van der Waals surface area contributed by atoms with Crippen LogP contribution in [0.2, 0.25) is 0 Å². The van der Waals surface area contributed by atoms with Crippen LogP contribution in [0.1, 0.15) is 26.5 Å². The third kappa shape index (κ3) is 4.09. The fourth-order valence-electron chi connectivity index (χ4n) is 3.79. The molecule has 0 aliphatic rings. The highest BCUT2D eigenvalue weighted by Gasteiger charge is 2.15. The van der Waals surface area contributed by atoms with E-state index in [1.165, 1.54) is 6.26 Å². The zero-order valence-corrected chi connectivity index (χ0v) is 17.5. The van der Waals surface area contributed by atoms with Crippen LogP contribution in [0.25, 0.3) is 21.5 Å². The first-order valence-electron chi connectivity index (χ1n) is 10.4. The van der Waals surface area contributed by atoms with Gasteiger partial charge in [0.2, 0.25) is 0 Å². The number of hydrazone groups is 1. The molecule has 160 valence electrons. The predicted molar refractivity (Wildman–Crippen MR) is 130 cm³/mol. The highest BCUT2D eigenvalue weighted by molar-refractivity contribution is 6.14. The van der Waals surface area contributed by atoms with Crippen LogP contribution < -0.4 is 10.7 Å². The number of hydrogen-bond donors (Lipinski definition) is 2. The van der Waals surface area contributed by atoms with Gasteiger partial charge in [-0.2, -0.15) is 5.10 Å². The molecule has 0 aliphatic heterocycles. The lowest BCUT2D eigenvalue weighted by molar-refractivity contribution is 0.0956. The number of benzene rings is 4. The predicted octanol–water partition coefficient (Wildman–Crippen LogP) is 5.60. The molecule has 6 nitrogen and oxygen atoms in total. The molecule has 5 rings (SSSR count). The lowest BCUT2D eigenvalue weighted by atomic mass is 9.97. The molecule has 4 aromatic carbocycles. The maximum absolute atomic E-state index is 12.9. The minimum Gasteiger partial charge on any atom is -0.459 e. The average molecular weight is 433 g/mol. The Morgan fingerprint density at radius 2 is 1.42 bits per heavy atom. The van der Waals surface area contributed by atoms with Gasteiger partial charge in [-0.3, -0.25) is 9.59 Å². The van der Waals surface area contributed by atoms with Gasteiger partial charge in [-0.25, -0.2) is 5.43 Å². The van der Waals surface area contributed by atoms with Gasteiger partial charge in [0.05, 0.1) is 23.7 Å². The topological polar surface area (TPSA) is 83.7 Å². The SMILES string of the molecule is O=C(Nc1ccccc1C(=O)NN=Cc1c2ccccc2cc2ccccc12)c1ccco1. The zero-order valence-electron chi connectivity index (χ0n) is 17.5. The molecular weight excluding hydrogens is 414 g/mol.